The highest BCUT2D eigenvalue weighted by molar-refractivity contribution is 5.25. The quantitative estimate of drug-likeness (QED) is 0.842. The number of benzene rings is 2. The predicted molar refractivity (Wildman–Crippen MR) is 84.0 cm³/mol. The van der Waals surface area contributed by atoms with Gasteiger partial charge in [-0.15, -0.1) is 0 Å². The summed E-state index contributed by atoms with van der Waals surface area (Å²) in [6.45, 7) is 4.49. The van der Waals surface area contributed by atoms with Crippen LogP contribution in [0.1, 0.15) is 32.3 Å². The van der Waals surface area contributed by atoms with Crippen LogP contribution < -0.4 is 0 Å². The molecule has 0 bridgehead atoms. The number of aromatic hydroxyl groups is 2. The molecule has 2 N–H and O–H groups in total. The lowest BCUT2D eigenvalue weighted by atomic mass is 10.0. The summed E-state index contributed by atoms with van der Waals surface area (Å²) >= 11 is 0. The van der Waals surface area contributed by atoms with Crippen LogP contribution in [0.4, 0.5) is 0 Å². The molecular weight excluding hydrogens is 248 g/mol. The van der Waals surface area contributed by atoms with Gasteiger partial charge in [0.1, 0.15) is 11.5 Å². The Labute approximate surface area is 121 Å². The topological polar surface area (TPSA) is 40.5 Å². The molecule has 0 unspecified atom stereocenters. The zero-order chi connectivity index (χ0) is 14.8. The summed E-state index contributed by atoms with van der Waals surface area (Å²) in [5.74, 6) is 1.47. The van der Waals surface area contributed by atoms with Crippen molar-refractivity contribution in [3.05, 3.63) is 60.2 Å². The van der Waals surface area contributed by atoms with Crippen LogP contribution in [0.5, 0.6) is 11.5 Å². The van der Waals surface area contributed by atoms with E-state index in [2.05, 4.69) is 13.8 Å². The Morgan fingerprint density at radius 2 is 1.35 bits per heavy atom. The maximum atomic E-state index is 9.07. The predicted octanol–water partition coefficient (Wildman–Crippen LogP) is 4.76. The minimum absolute atomic E-state index is 0.322. The van der Waals surface area contributed by atoms with Crippen LogP contribution in [0.3, 0.4) is 0 Å². The van der Waals surface area contributed by atoms with Gasteiger partial charge < -0.3 is 10.2 Å². The highest BCUT2D eigenvalue weighted by Crippen LogP contribution is 2.13. The Morgan fingerprint density at radius 1 is 0.800 bits per heavy atom. The van der Waals surface area contributed by atoms with Crippen LogP contribution in [-0.2, 0) is 6.42 Å². The van der Waals surface area contributed by atoms with Crippen molar-refractivity contribution in [1.29, 1.82) is 0 Å². The highest BCUT2D eigenvalue weighted by Gasteiger charge is 1.96. The van der Waals surface area contributed by atoms with E-state index in [9.17, 15) is 0 Å². The molecule has 2 heteroatoms. The van der Waals surface area contributed by atoms with E-state index in [1.54, 1.807) is 36.4 Å². The van der Waals surface area contributed by atoms with Crippen LogP contribution in [0, 0.1) is 5.92 Å². The van der Waals surface area contributed by atoms with Crippen molar-refractivity contribution in [2.45, 2.75) is 33.1 Å². The smallest absolute Gasteiger partial charge is 0.115 e. The number of hydrogen-bond donors (Lipinski definition) is 2. The molecule has 108 valence electrons. The van der Waals surface area contributed by atoms with Gasteiger partial charge in [0, 0.05) is 0 Å². The van der Waals surface area contributed by atoms with Gasteiger partial charge in [-0.3, -0.25) is 0 Å². The Balaban J connectivity index is 0.000000240. The lowest BCUT2D eigenvalue weighted by Gasteiger charge is -2.04. The van der Waals surface area contributed by atoms with Crippen LogP contribution >= 0.6 is 0 Å². The van der Waals surface area contributed by atoms with E-state index in [4.69, 9.17) is 10.2 Å². The van der Waals surface area contributed by atoms with Gasteiger partial charge in [0.25, 0.3) is 0 Å². The Kier molecular flexibility index (Phi) is 7.26. The normalized spacial score (nSPS) is 9.95. The van der Waals surface area contributed by atoms with Crippen molar-refractivity contribution >= 4 is 0 Å². The number of para-hydroxylation sites is 1. The largest absolute Gasteiger partial charge is 0.508 e. The van der Waals surface area contributed by atoms with Crippen molar-refractivity contribution in [3.63, 3.8) is 0 Å². The van der Waals surface area contributed by atoms with Crippen molar-refractivity contribution in [2.24, 2.45) is 5.92 Å². The van der Waals surface area contributed by atoms with E-state index in [-0.39, 0.29) is 0 Å². The monoisotopic (exact) mass is 272 g/mol. The SMILES string of the molecule is CC(C)CCCc1ccc(O)cc1.Oc1ccccc1. The summed E-state index contributed by atoms with van der Waals surface area (Å²) in [7, 11) is 0. The molecule has 2 nitrogen and oxygen atoms in total. The standard InChI is InChI=1S/C12H18O.C6H6O/c1-10(2)4-3-5-11-6-8-12(13)9-7-11;7-6-4-2-1-3-5-6/h6-10,13H,3-5H2,1-2H3;1-5,7H. The van der Waals surface area contributed by atoms with Gasteiger partial charge in [0.05, 0.1) is 0 Å². The molecule has 2 aromatic rings. The number of rotatable bonds is 4. The maximum Gasteiger partial charge on any atom is 0.115 e. The van der Waals surface area contributed by atoms with Crippen LogP contribution in [0.25, 0.3) is 0 Å². The third-order valence-electron chi connectivity index (χ3n) is 2.94. The number of phenolic OH excluding ortho intramolecular Hbond substituents is 2. The zero-order valence-electron chi connectivity index (χ0n) is 12.3. The third kappa shape index (κ3) is 7.47. The van der Waals surface area contributed by atoms with E-state index in [1.807, 2.05) is 18.2 Å². The summed E-state index contributed by atoms with van der Waals surface area (Å²) in [5.41, 5.74) is 1.32. The molecule has 2 rings (SSSR count). The lowest BCUT2D eigenvalue weighted by molar-refractivity contribution is 0.474. The lowest BCUT2D eigenvalue weighted by Crippen LogP contribution is -1.90. The molecule has 0 aliphatic rings. The van der Waals surface area contributed by atoms with Gasteiger partial charge in [0.15, 0.2) is 0 Å². The first-order chi connectivity index (χ1) is 9.58. The Bertz CT molecular complexity index is 461. The molecule has 2 aromatic carbocycles. The van der Waals surface area contributed by atoms with Gasteiger partial charge >= 0.3 is 0 Å². The summed E-state index contributed by atoms with van der Waals surface area (Å²) in [4.78, 5) is 0. The highest BCUT2D eigenvalue weighted by atomic mass is 16.3. The average Bonchev–Trinajstić information content (AvgIpc) is 2.42. The third-order valence-corrected chi connectivity index (χ3v) is 2.94. The average molecular weight is 272 g/mol. The summed E-state index contributed by atoms with van der Waals surface area (Å²) < 4.78 is 0. The summed E-state index contributed by atoms with van der Waals surface area (Å²) in [6, 6.07) is 16.2. The number of phenols is 2. The number of aryl methyl sites for hydroxylation is 1. The fourth-order valence-corrected chi connectivity index (χ4v) is 1.81. The second-order valence-electron chi connectivity index (χ2n) is 5.29. The second-order valence-corrected chi connectivity index (χ2v) is 5.29. The molecule has 0 aliphatic carbocycles. The molecule has 0 atom stereocenters. The molecule has 0 aromatic heterocycles. The van der Waals surface area contributed by atoms with Gasteiger partial charge in [-0.05, 0) is 48.6 Å². The van der Waals surface area contributed by atoms with E-state index in [0.29, 0.717) is 11.5 Å². The minimum atomic E-state index is 0.322. The molecule has 0 heterocycles. The van der Waals surface area contributed by atoms with Gasteiger partial charge in [-0.25, -0.2) is 0 Å². The van der Waals surface area contributed by atoms with Crippen molar-refractivity contribution in [1.82, 2.24) is 0 Å². The maximum absolute atomic E-state index is 9.07. The molecule has 0 saturated heterocycles. The molecule has 20 heavy (non-hydrogen) atoms. The van der Waals surface area contributed by atoms with Gasteiger partial charge in [0.2, 0.25) is 0 Å². The molecule has 0 amide bonds. The Hall–Kier alpha value is -1.96. The Morgan fingerprint density at radius 3 is 1.80 bits per heavy atom. The molecule has 0 fully saturated rings. The van der Waals surface area contributed by atoms with Crippen molar-refractivity contribution in [3.8, 4) is 11.5 Å². The summed E-state index contributed by atoms with van der Waals surface area (Å²) in [5, 5.41) is 17.7. The van der Waals surface area contributed by atoms with Crippen LogP contribution in [0.15, 0.2) is 54.6 Å². The first kappa shape index (κ1) is 16.1. The van der Waals surface area contributed by atoms with E-state index >= 15 is 0 Å². The number of hydrogen-bond acceptors (Lipinski definition) is 2. The van der Waals surface area contributed by atoms with Crippen molar-refractivity contribution in [2.75, 3.05) is 0 Å². The fraction of sp³-hybridized carbons (Fsp3) is 0.333. The molecule has 0 saturated carbocycles. The molecule has 0 aliphatic heterocycles. The van der Waals surface area contributed by atoms with Gasteiger partial charge in [-0.1, -0.05) is 50.6 Å². The molecule has 0 spiro atoms. The van der Waals surface area contributed by atoms with Crippen molar-refractivity contribution < 1.29 is 10.2 Å². The van der Waals surface area contributed by atoms with Crippen LogP contribution in [0.2, 0.25) is 0 Å². The second kappa shape index (κ2) is 9.03. The minimum Gasteiger partial charge on any atom is -0.508 e. The van der Waals surface area contributed by atoms with Crippen LogP contribution in [-0.4, -0.2) is 10.2 Å². The first-order valence-electron chi connectivity index (χ1n) is 7.10. The first-order valence-corrected chi connectivity index (χ1v) is 7.10. The molecule has 0 radical (unpaired) electrons. The van der Waals surface area contributed by atoms with Gasteiger partial charge in [-0.2, -0.15) is 0 Å². The van der Waals surface area contributed by atoms with E-state index in [0.717, 1.165) is 12.3 Å². The zero-order valence-corrected chi connectivity index (χ0v) is 12.3. The fourth-order valence-electron chi connectivity index (χ4n) is 1.81. The summed E-state index contributed by atoms with van der Waals surface area (Å²) in [6.07, 6.45) is 3.64. The van der Waals surface area contributed by atoms with E-state index < -0.39 is 0 Å². The molecular formula is C18H24O2. The van der Waals surface area contributed by atoms with E-state index in [1.165, 1.54) is 18.4 Å².